The van der Waals surface area contributed by atoms with Crippen molar-refractivity contribution >= 4 is 21.9 Å². The summed E-state index contributed by atoms with van der Waals surface area (Å²) in [7, 11) is 0. The minimum Gasteiger partial charge on any atom is -0.481 e. The van der Waals surface area contributed by atoms with E-state index in [0.717, 1.165) is 10.2 Å². The first-order valence-corrected chi connectivity index (χ1v) is 5.33. The first kappa shape index (κ1) is 10.8. The molecule has 0 unspecified atom stereocenters. The number of rotatable bonds is 3. The molecule has 16 heavy (non-hydrogen) atoms. The number of carbonyl (C=O) groups is 1. The van der Waals surface area contributed by atoms with E-state index < -0.39 is 5.97 Å². The zero-order valence-electron chi connectivity index (χ0n) is 8.17. The molecule has 1 aromatic carbocycles. The molecule has 1 N–H and O–H groups in total. The van der Waals surface area contributed by atoms with Gasteiger partial charge in [-0.05, 0) is 28.1 Å². The van der Waals surface area contributed by atoms with Crippen molar-refractivity contribution in [2.45, 2.75) is 6.42 Å². The summed E-state index contributed by atoms with van der Waals surface area (Å²) >= 11 is 3.38. The Morgan fingerprint density at radius 1 is 1.44 bits per heavy atom. The Kier molecular flexibility index (Phi) is 3.00. The Balaban J connectivity index is 2.45. The number of aliphatic carboxylic acids is 1. The molecule has 2 rings (SSSR count). The van der Waals surface area contributed by atoms with Gasteiger partial charge in [-0.25, -0.2) is 9.67 Å². The predicted molar refractivity (Wildman–Crippen MR) is 60.4 cm³/mol. The summed E-state index contributed by atoms with van der Waals surface area (Å²) in [4.78, 5) is 14.6. The quantitative estimate of drug-likeness (QED) is 0.929. The van der Waals surface area contributed by atoms with E-state index in [0.29, 0.717) is 5.82 Å². The summed E-state index contributed by atoms with van der Waals surface area (Å²) in [6.07, 6.45) is 1.19. The second kappa shape index (κ2) is 4.44. The highest BCUT2D eigenvalue weighted by molar-refractivity contribution is 9.10. The average molecular weight is 282 g/mol. The Labute approximate surface area is 99.9 Å². The SMILES string of the molecule is O=C(O)Cc1ncnn1-c1ccccc1Br. The summed E-state index contributed by atoms with van der Waals surface area (Å²) in [5.41, 5.74) is 0.774. The van der Waals surface area contributed by atoms with Crippen LogP contribution in [0, 0.1) is 0 Å². The maximum atomic E-state index is 10.6. The van der Waals surface area contributed by atoms with Crippen LogP contribution >= 0.6 is 15.9 Å². The number of carboxylic acid groups (broad SMARTS) is 1. The molecule has 5 nitrogen and oxygen atoms in total. The molecule has 0 fully saturated rings. The topological polar surface area (TPSA) is 68.0 Å². The average Bonchev–Trinajstić information content (AvgIpc) is 2.66. The molecule has 0 aliphatic heterocycles. The number of carboxylic acids is 1. The number of benzene rings is 1. The van der Waals surface area contributed by atoms with Gasteiger partial charge in [0.2, 0.25) is 0 Å². The highest BCUT2D eigenvalue weighted by atomic mass is 79.9. The zero-order valence-corrected chi connectivity index (χ0v) is 9.75. The Bertz CT molecular complexity index is 524. The van der Waals surface area contributed by atoms with Gasteiger partial charge in [0.05, 0.1) is 5.69 Å². The maximum absolute atomic E-state index is 10.6. The number of hydrogen-bond acceptors (Lipinski definition) is 3. The standard InChI is InChI=1S/C10H8BrN3O2/c11-7-3-1-2-4-8(7)14-9(5-10(15)16)12-6-13-14/h1-4,6H,5H2,(H,15,16). The van der Waals surface area contributed by atoms with Gasteiger partial charge in [-0.1, -0.05) is 12.1 Å². The van der Waals surface area contributed by atoms with E-state index in [2.05, 4.69) is 26.0 Å². The van der Waals surface area contributed by atoms with Crippen LogP contribution in [0.3, 0.4) is 0 Å². The van der Waals surface area contributed by atoms with E-state index in [1.807, 2.05) is 24.3 Å². The van der Waals surface area contributed by atoms with Gasteiger partial charge in [0.15, 0.2) is 0 Å². The van der Waals surface area contributed by atoms with Gasteiger partial charge in [-0.15, -0.1) is 0 Å². The van der Waals surface area contributed by atoms with Gasteiger partial charge in [0, 0.05) is 4.47 Å². The number of aromatic nitrogens is 3. The minimum atomic E-state index is -0.929. The van der Waals surface area contributed by atoms with Crippen molar-refractivity contribution in [1.29, 1.82) is 0 Å². The minimum absolute atomic E-state index is 0.151. The van der Waals surface area contributed by atoms with Crippen molar-refractivity contribution in [3.05, 3.63) is 40.9 Å². The van der Waals surface area contributed by atoms with Crippen LogP contribution in [0.5, 0.6) is 0 Å². The molecule has 0 aliphatic rings. The van der Waals surface area contributed by atoms with E-state index in [4.69, 9.17) is 5.11 Å². The van der Waals surface area contributed by atoms with Crippen LogP contribution in [-0.2, 0) is 11.2 Å². The normalized spacial score (nSPS) is 10.3. The molecule has 2 aromatic rings. The number of para-hydroxylation sites is 1. The highest BCUT2D eigenvalue weighted by Crippen LogP contribution is 2.20. The fourth-order valence-electron chi connectivity index (χ4n) is 1.35. The lowest BCUT2D eigenvalue weighted by Crippen LogP contribution is -2.09. The van der Waals surface area contributed by atoms with Crippen LogP contribution < -0.4 is 0 Å². The third-order valence-corrected chi connectivity index (χ3v) is 2.68. The highest BCUT2D eigenvalue weighted by Gasteiger charge is 2.11. The molecule has 1 aromatic heterocycles. The molecule has 0 saturated carbocycles. The molecular weight excluding hydrogens is 274 g/mol. The molecular formula is C10H8BrN3O2. The van der Waals surface area contributed by atoms with E-state index in [-0.39, 0.29) is 6.42 Å². The Morgan fingerprint density at radius 3 is 2.88 bits per heavy atom. The van der Waals surface area contributed by atoms with E-state index in [1.165, 1.54) is 11.0 Å². The predicted octanol–water partition coefficient (Wildman–Crippen LogP) is 1.66. The molecule has 1 heterocycles. The second-order valence-electron chi connectivity index (χ2n) is 3.11. The van der Waals surface area contributed by atoms with Crippen LogP contribution in [0.25, 0.3) is 5.69 Å². The lowest BCUT2D eigenvalue weighted by molar-refractivity contribution is -0.136. The number of hydrogen-bond donors (Lipinski definition) is 1. The molecule has 82 valence electrons. The first-order chi connectivity index (χ1) is 7.68. The van der Waals surface area contributed by atoms with Crippen LogP contribution in [-0.4, -0.2) is 25.8 Å². The summed E-state index contributed by atoms with van der Waals surface area (Å²) < 4.78 is 2.35. The molecule has 0 atom stereocenters. The van der Waals surface area contributed by atoms with Crippen LogP contribution in [0.2, 0.25) is 0 Å². The van der Waals surface area contributed by atoms with Crippen molar-refractivity contribution in [1.82, 2.24) is 14.8 Å². The summed E-state index contributed by atoms with van der Waals surface area (Å²) in [6.45, 7) is 0. The van der Waals surface area contributed by atoms with Crippen LogP contribution in [0.1, 0.15) is 5.82 Å². The van der Waals surface area contributed by atoms with Gasteiger partial charge in [-0.2, -0.15) is 5.10 Å². The van der Waals surface area contributed by atoms with Crippen LogP contribution in [0.15, 0.2) is 35.1 Å². The monoisotopic (exact) mass is 281 g/mol. The lowest BCUT2D eigenvalue weighted by atomic mass is 10.3. The number of nitrogens with zero attached hydrogens (tertiary/aromatic N) is 3. The third-order valence-electron chi connectivity index (χ3n) is 2.01. The van der Waals surface area contributed by atoms with Gasteiger partial charge in [-0.3, -0.25) is 4.79 Å². The summed E-state index contributed by atoms with van der Waals surface area (Å²) in [5, 5.41) is 12.7. The second-order valence-corrected chi connectivity index (χ2v) is 3.96. The van der Waals surface area contributed by atoms with Gasteiger partial charge >= 0.3 is 5.97 Å². The smallest absolute Gasteiger partial charge is 0.311 e. The Hall–Kier alpha value is -1.69. The van der Waals surface area contributed by atoms with Crippen molar-refractivity contribution in [2.75, 3.05) is 0 Å². The van der Waals surface area contributed by atoms with Gasteiger partial charge in [0.1, 0.15) is 18.6 Å². The van der Waals surface area contributed by atoms with Crippen LogP contribution in [0.4, 0.5) is 0 Å². The van der Waals surface area contributed by atoms with E-state index in [9.17, 15) is 4.79 Å². The molecule has 6 heteroatoms. The zero-order chi connectivity index (χ0) is 11.5. The molecule has 0 spiro atoms. The molecule has 0 aliphatic carbocycles. The van der Waals surface area contributed by atoms with Crippen molar-refractivity contribution < 1.29 is 9.90 Å². The Morgan fingerprint density at radius 2 is 2.19 bits per heavy atom. The van der Waals surface area contributed by atoms with Gasteiger partial charge < -0.3 is 5.11 Å². The van der Waals surface area contributed by atoms with Gasteiger partial charge in [0.25, 0.3) is 0 Å². The fraction of sp³-hybridized carbons (Fsp3) is 0.100. The van der Waals surface area contributed by atoms with Crippen molar-refractivity contribution in [3.63, 3.8) is 0 Å². The lowest BCUT2D eigenvalue weighted by Gasteiger charge is -2.06. The van der Waals surface area contributed by atoms with Crippen molar-refractivity contribution in [3.8, 4) is 5.69 Å². The fourth-order valence-corrected chi connectivity index (χ4v) is 1.80. The third kappa shape index (κ3) is 2.11. The summed E-state index contributed by atoms with van der Waals surface area (Å²) in [5.74, 6) is -0.527. The maximum Gasteiger partial charge on any atom is 0.311 e. The number of halogens is 1. The first-order valence-electron chi connectivity index (χ1n) is 4.54. The molecule has 0 amide bonds. The molecule has 0 saturated heterocycles. The van der Waals surface area contributed by atoms with Crippen molar-refractivity contribution in [2.24, 2.45) is 0 Å². The van der Waals surface area contributed by atoms with E-state index in [1.54, 1.807) is 0 Å². The molecule has 0 radical (unpaired) electrons. The summed E-state index contributed by atoms with van der Waals surface area (Å²) in [6, 6.07) is 7.43. The molecule has 0 bridgehead atoms. The van der Waals surface area contributed by atoms with E-state index >= 15 is 0 Å². The largest absolute Gasteiger partial charge is 0.481 e.